The molecule has 0 aliphatic carbocycles. The maximum Gasteiger partial charge on any atom is 0.0535 e. The highest BCUT2D eigenvalue weighted by atomic mass is 16.3. The average Bonchev–Trinajstić information content (AvgIpc) is 2.63. The minimum Gasteiger partial charge on any atom is -0.393 e. The molecule has 18 heavy (non-hydrogen) atoms. The molecule has 104 valence electrons. The Labute approximate surface area is 110 Å². The largest absolute Gasteiger partial charge is 0.393 e. The lowest BCUT2D eigenvalue weighted by Crippen LogP contribution is -2.24. The number of nitrogens with zero attached hydrogens (tertiary/aromatic N) is 1. The monoisotopic (exact) mass is 253 g/mol. The van der Waals surface area contributed by atoms with E-state index in [0.29, 0.717) is 5.92 Å². The van der Waals surface area contributed by atoms with Crippen LogP contribution in [0.4, 0.5) is 0 Å². The predicted octanol–water partition coefficient (Wildman–Crippen LogP) is 2.20. The summed E-state index contributed by atoms with van der Waals surface area (Å²) in [4.78, 5) is 0. The van der Waals surface area contributed by atoms with Crippen LogP contribution in [0.1, 0.15) is 52.3 Å². The Bertz CT molecular complexity index is 352. The number of aromatic nitrogens is 2. The van der Waals surface area contributed by atoms with Gasteiger partial charge in [-0.1, -0.05) is 27.7 Å². The lowest BCUT2D eigenvalue weighted by molar-refractivity contribution is 0.163. The Hall–Kier alpha value is -0.870. The Morgan fingerprint density at radius 2 is 2.06 bits per heavy atom. The van der Waals surface area contributed by atoms with Gasteiger partial charge in [-0.3, -0.25) is 5.10 Å². The van der Waals surface area contributed by atoms with Gasteiger partial charge in [0.1, 0.15) is 0 Å². The molecule has 0 spiro atoms. The molecule has 4 nitrogen and oxygen atoms in total. The summed E-state index contributed by atoms with van der Waals surface area (Å²) in [5.41, 5.74) is 2.52. The molecule has 0 aliphatic heterocycles. The SMILES string of the molecule is CC(O)CC(C)CNCc1cn[nH]c1C(C)(C)C. The average molecular weight is 253 g/mol. The zero-order valence-corrected chi connectivity index (χ0v) is 12.2. The summed E-state index contributed by atoms with van der Waals surface area (Å²) < 4.78 is 0. The van der Waals surface area contributed by atoms with Crippen molar-refractivity contribution in [1.82, 2.24) is 15.5 Å². The van der Waals surface area contributed by atoms with Crippen molar-refractivity contribution in [3.05, 3.63) is 17.5 Å². The van der Waals surface area contributed by atoms with Crippen LogP contribution in [-0.2, 0) is 12.0 Å². The van der Waals surface area contributed by atoms with Crippen LogP contribution in [0.2, 0.25) is 0 Å². The lowest BCUT2D eigenvalue weighted by atomic mass is 9.89. The standard InChI is InChI=1S/C14H27N3O/c1-10(6-11(2)18)7-15-8-12-9-16-17-13(12)14(3,4)5/h9-11,15,18H,6-8H2,1-5H3,(H,16,17). The van der Waals surface area contributed by atoms with Gasteiger partial charge >= 0.3 is 0 Å². The molecular weight excluding hydrogens is 226 g/mol. The highest BCUT2D eigenvalue weighted by Crippen LogP contribution is 2.23. The van der Waals surface area contributed by atoms with Crippen molar-refractivity contribution in [1.29, 1.82) is 0 Å². The van der Waals surface area contributed by atoms with Gasteiger partial charge in [0.05, 0.1) is 12.3 Å². The van der Waals surface area contributed by atoms with Gasteiger partial charge in [0.2, 0.25) is 0 Å². The number of hydrogen-bond donors (Lipinski definition) is 3. The van der Waals surface area contributed by atoms with Crippen LogP contribution >= 0.6 is 0 Å². The van der Waals surface area contributed by atoms with Crippen LogP contribution < -0.4 is 5.32 Å². The fourth-order valence-corrected chi connectivity index (χ4v) is 2.21. The van der Waals surface area contributed by atoms with Crippen LogP contribution in [0.3, 0.4) is 0 Å². The zero-order valence-electron chi connectivity index (χ0n) is 12.2. The van der Waals surface area contributed by atoms with Crippen molar-refractivity contribution < 1.29 is 5.11 Å². The van der Waals surface area contributed by atoms with Gasteiger partial charge < -0.3 is 10.4 Å². The van der Waals surface area contributed by atoms with Gasteiger partial charge in [-0.2, -0.15) is 5.10 Å². The third-order valence-electron chi connectivity index (χ3n) is 3.02. The van der Waals surface area contributed by atoms with E-state index in [1.54, 1.807) is 0 Å². The Morgan fingerprint density at radius 1 is 1.39 bits per heavy atom. The van der Waals surface area contributed by atoms with E-state index in [4.69, 9.17) is 0 Å². The third kappa shape index (κ3) is 4.78. The van der Waals surface area contributed by atoms with E-state index >= 15 is 0 Å². The van der Waals surface area contributed by atoms with E-state index in [1.165, 1.54) is 11.3 Å². The second-order valence-electron chi connectivity index (χ2n) is 6.34. The lowest BCUT2D eigenvalue weighted by Gasteiger charge is -2.19. The molecule has 2 atom stereocenters. The van der Waals surface area contributed by atoms with Crippen LogP contribution in [0, 0.1) is 5.92 Å². The van der Waals surface area contributed by atoms with Crippen LogP contribution in [0.25, 0.3) is 0 Å². The first-order chi connectivity index (χ1) is 8.30. The van der Waals surface area contributed by atoms with Gasteiger partial charge in [0.25, 0.3) is 0 Å². The first-order valence-corrected chi connectivity index (χ1v) is 6.72. The smallest absolute Gasteiger partial charge is 0.0535 e. The summed E-state index contributed by atoms with van der Waals surface area (Å²) in [5, 5.41) is 20.0. The minimum absolute atomic E-state index is 0.0960. The molecule has 1 rings (SSSR count). The van der Waals surface area contributed by atoms with Crippen molar-refractivity contribution in [2.45, 2.75) is 59.1 Å². The van der Waals surface area contributed by atoms with E-state index in [-0.39, 0.29) is 11.5 Å². The highest BCUT2D eigenvalue weighted by Gasteiger charge is 2.19. The molecule has 4 heteroatoms. The Kier molecular flexibility index (Phi) is 5.35. The summed E-state index contributed by atoms with van der Waals surface area (Å²) >= 11 is 0. The fraction of sp³-hybridized carbons (Fsp3) is 0.786. The molecule has 1 aromatic heterocycles. The number of aliphatic hydroxyl groups is 1. The van der Waals surface area contributed by atoms with Crippen LogP contribution in [0.15, 0.2) is 6.20 Å². The summed E-state index contributed by atoms with van der Waals surface area (Å²) in [5.74, 6) is 0.481. The number of rotatable bonds is 6. The van der Waals surface area contributed by atoms with E-state index < -0.39 is 0 Å². The Morgan fingerprint density at radius 3 is 2.61 bits per heavy atom. The Balaban J connectivity index is 2.43. The quantitative estimate of drug-likeness (QED) is 0.728. The molecule has 1 aromatic rings. The van der Waals surface area contributed by atoms with Gasteiger partial charge in [-0.05, 0) is 25.8 Å². The molecule has 0 fully saturated rings. The summed E-state index contributed by atoms with van der Waals surface area (Å²) in [6.07, 6.45) is 2.51. The van der Waals surface area contributed by atoms with Gasteiger partial charge in [-0.15, -0.1) is 0 Å². The second-order valence-corrected chi connectivity index (χ2v) is 6.34. The predicted molar refractivity (Wildman–Crippen MR) is 74.5 cm³/mol. The number of aliphatic hydroxyl groups excluding tert-OH is 1. The fourth-order valence-electron chi connectivity index (χ4n) is 2.21. The maximum atomic E-state index is 9.31. The zero-order chi connectivity index (χ0) is 13.8. The molecule has 3 N–H and O–H groups in total. The molecule has 0 saturated carbocycles. The highest BCUT2D eigenvalue weighted by molar-refractivity contribution is 5.23. The van der Waals surface area contributed by atoms with Crippen molar-refractivity contribution in [3.63, 3.8) is 0 Å². The van der Waals surface area contributed by atoms with E-state index in [2.05, 4.69) is 43.2 Å². The molecule has 0 aliphatic rings. The normalized spacial score (nSPS) is 15.7. The number of aromatic amines is 1. The molecule has 1 heterocycles. The van der Waals surface area contributed by atoms with E-state index in [1.807, 2.05) is 13.1 Å². The molecule has 0 bridgehead atoms. The van der Waals surface area contributed by atoms with Crippen LogP contribution in [-0.4, -0.2) is 28.0 Å². The molecule has 0 radical (unpaired) electrons. The maximum absolute atomic E-state index is 9.31. The van der Waals surface area contributed by atoms with Gasteiger partial charge in [0, 0.05) is 23.2 Å². The molecule has 2 unspecified atom stereocenters. The second kappa shape index (κ2) is 6.34. The van der Waals surface area contributed by atoms with Crippen molar-refractivity contribution in [3.8, 4) is 0 Å². The molecule has 0 amide bonds. The third-order valence-corrected chi connectivity index (χ3v) is 3.02. The molecular formula is C14H27N3O. The summed E-state index contributed by atoms with van der Waals surface area (Å²) in [6.45, 7) is 12.3. The summed E-state index contributed by atoms with van der Waals surface area (Å²) in [6, 6.07) is 0. The van der Waals surface area contributed by atoms with Crippen LogP contribution in [0.5, 0.6) is 0 Å². The van der Waals surface area contributed by atoms with E-state index in [0.717, 1.165) is 19.5 Å². The molecule has 0 saturated heterocycles. The minimum atomic E-state index is -0.221. The topological polar surface area (TPSA) is 60.9 Å². The first kappa shape index (κ1) is 15.2. The van der Waals surface area contributed by atoms with E-state index in [9.17, 15) is 5.11 Å². The number of hydrogen-bond acceptors (Lipinski definition) is 3. The van der Waals surface area contributed by atoms with Crippen molar-refractivity contribution >= 4 is 0 Å². The van der Waals surface area contributed by atoms with Crippen molar-refractivity contribution in [2.24, 2.45) is 5.92 Å². The first-order valence-electron chi connectivity index (χ1n) is 6.72. The summed E-state index contributed by atoms with van der Waals surface area (Å²) in [7, 11) is 0. The van der Waals surface area contributed by atoms with Gasteiger partial charge in [0.15, 0.2) is 0 Å². The van der Waals surface area contributed by atoms with Gasteiger partial charge in [-0.25, -0.2) is 0 Å². The number of nitrogens with one attached hydrogen (secondary N) is 2. The van der Waals surface area contributed by atoms with Crippen molar-refractivity contribution in [2.75, 3.05) is 6.54 Å². The molecule has 0 aromatic carbocycles. The number of H-pyrrole nitrogens is 1.